The molecular formula is C12H16N2O4. The highest BCUT2D eigenvalue weighted by atomic mass is 16.6. The molecule has 6 nitrogen and oxygen atoms in total. The molecule has 6 heteroatoms. The van der Waals surface area contributed by atoms with Crippen LogP contribution in [0, 0.1) is 16.0 Å². The lowest BCUT2D eigenvalue weighted by molar-refractivity contribution is -0.384. The van der Waals surface area contributed by atoms with Gasteiger partial charge in [0.2, 0.25) is 0 Å². The quantitative estimate of drug-likeness (QED) is 0.373. The maximum atomic E-state index is 11.8. The average molecular weight is 252 g/mol. The molecule has 0 saturated heterocycles. The van der Waals surface area contributed by atoms with E-state index in [0.29, 0.717) is 5.75 Å². The highest BCUT2D eigenvalue weighted by molar-refractivity contribution is 5.78. The molecule has 0 aromatic heterocycles. The summed E-state index contributed by atoms with van der Waals surface area (Å²) in [7, 11) is 1.68. The molecule has 1 rings (SSSR count). The van der Waals surface area contributed by atoms with Crippen molar-refractivity contribution in [2.24, 2.45) is 5.92 Å². The Hall–Kier alpha value is -1.95. The van der Waals surface area contributed by atoms with Crippen LogP contribution in [0.1, 0.15) is 13.8 Å². The summed E-state index contributed by atoms with van der Waals surface area (Å²) >= 11 is 0. The number of nitrogens with zero attached hydrogens (tertiary/aromatic N) is 1. The Labute approximate surface area is 105 Å². The molecular weight excluding hydrogens is 236 g/mol. The first kappa shape index (κ1) is 14.1. The summed E-state index contributed by atoms with van der Waals surface area (Å²) < 4.78 is 5.14. The molecule has 18 heavy (non-hydrogen) atoms. The fourth-order valence-corrected chi connectivity index (χ4v) is 1.54. The second-order valence-corrected chi connectivity index (χ2v) is 4.18. The van der Waals surface area contributed by atoms with Crippen molar-refractivity contribution in [1.29, 1.82) is 0 Å². The zero-order chi connectivity index (χ0) is 13.7. The molecule has 1 aromatic rings. The summed E-state index contributed by atoms with van der Waals surface area (Å²) in [5.41, 5.74) is -0.0381. The van der Waals surface area contributed by atoms with E-state index < -0.39 is 16.9 Å². The smallest absolute Gasteiger partial charge is 0.328 e. The molecule has 0 aliphatic rings. The summed E-state index contributed by atoms with van der Waals surface area (Å²) in [5.74, 6) is -0.00611. The summed E-state index contributed by atoms with van der Waals surface area (Å²) in [5, 5.41) is 13.3. The van der Waals surface area contributed by atoms with Crippen LogP contribution in [0.4, 0.5) is 5.69 Å². The number of ether oxygens (including phenoxy) is 1. The van der Waals surface area contributed by atoms with Gasteiger partial charge in [-0.15, -0.1) is 0 Å². The molecule has 0 aliphatic heterocycles. The van der Waals surface area contributed by atoms with Gasteiger partial charge in [-0.25, -0.2) is 4.79 Å². The minimum Gasteiger partial charge on any atom is -0.425 e. The van der Waals surface area contributed by atoms with E-state index in [2.05, 4.69) is 5.32 Å². The van der Waals surface area contributed by atoms with Crippen molar-refractivity contribution in [3.8, 4) is 5.75 Å². The fourth-order valence-electron chi connectivity index (χ4n) is 1.54. The van der Waals surface area contributed by atoms with Gasteiger partial charge in [0.25, 0.3) is 5.69 Å². The van der Waals surface area contributed by atoms with Crippen LogP contribution in [0.15, 0.2) is 24.3 Å². The number of likely N-dealkylation sites (N-methyl/N-ethyl adjacent to an activating group) is 1. The SMILES string of the molecule is CNC(C(=O)Oc1ccc([N+](=O)[O-])cc1)C(C)C. The Balaban J connectivity index is 2.73. The predicted octanol–water partition coefficient (Wildman–Crippen LogP) is 1.74. The Morgan fingerprint density at radius 3 is 2.28 bits per heavy atom. The number of nitro groups is 1. The first-order chi connectivity index (χ1) is 8.45. The zero-order valence-corrected chi connectivity index (χ0v) is 10.5. The predicted molar refractivity (Wildman–Crippen MR) is 66.4 cm³/mol. The number of nitro benzene ring substituents is 1. The number of hydrogen-bond donors (Lipinski definition) is 1. The van der Waals surface area contributed by atoms with Gasteiger partial charge in [-0.05, 0) is 25.1 Å². The first-order valence-corrected chi connectivity index (χ1v) is 5.59. The fraction of sp³-hybridized carbons (Fsp3) is 0.417. The Bertz CT molecular complexity index is 428. The largest absolute Gasteiger partial charge is 0.425 e. The molecule has 1 aromatic carbocycles. The minimum absolute atomic E-state index is 0.0381. The van der Waals surface area contributed by atoms with Gasteiger partial charge in [0, 0.05) is 12.1 Å². The number of carbonyl (C=O) groups is 1. The third-order valence-electron chi connectivity index (χ3n) is 2.50. The third-order valence-corrected chi connectivity index (χ3v) is 2.50. The van der Waals surface area contributed by atoms with Gasteiger partial charge in [0.05, 0.1) is 4.92 Å². The van der Waals surface area contributed by atoms with Gasteiger partial charge >= 0.3 is 5.97 Å². The van der Waals surface area contributed by atoms with Crippen LogP contribution >= 0.6 is 0 Å². The van der Waals surface area contributed by atoms with E-state index in [1.165, 1.54) is 24.3 Å². The molecule has 98 valence electrons. The number of non-ortho nitro benzene ring substituents is 1. The number of nitrogens with one attached hydrogen (secondary N) is 1. The van der Waals surface area contributed by atoms with Crippen molar-refractivity contribution in [2.45, 2.75) is 19.9 Å². The second-order valence-electron chi connectivity index (χ2n) is 4.18. The first-order valence-electron chi connectivity index (χ1n) is 5.59. The minimum atomic E-state index is -0.504. The number of rotatable bonds is 5. The van der Waals surface area contributed by atoms with Crippen molar-refractivity contribution >= 4 is 11.7 Å². The van der Waals surface area contributed by atoms with Gasteiger partial charge in [0.1, 0.15) is 11.8 Å². The van der Waals surface area contributed by atoms with Crippen molar-refractivity contribution in [3.63, 3.8) is 0 Å². The number of esters is 1. The highest BCUT2D eigenvalue weighted by Gasteiger charge is 2.22. The van der Waals surface area contributed by atoms with Crippen LogP contribution in [-0.4, -0.2) is 24.0 Å². The summed E-state index contributed by atoms with van der Waals surface area (Å²) in [6, 6.07) is 5.01. The van der Waals surface area contributed by atoms with Crippen LogP contribution in [0.25, 0.3) is 0 Å². The molecule has 0 fully saturated rings. The van der Waals surface area contributed by atoms with Crippen molar-refractivity contribution in [1.82, 2.24) is 5.32 Å². The molecule has 0 spiro atoms. The zero-order valence-electron chi connectivity index (χ0n) is 10.5. The molecule has 0 radical (unpaired) electrons. The van der Waals surface area contributed by atoms with Crippen LogP contribution in [0.3, 0.4) is 0 Å². The Kier molecular flexibility index (Phi) is 4.79. The van der Waals surface area contributed by atoms with Gasteiger partial charge in [0.15, 0.2) is 0 Å². The molecule has 1 unspecified atom stereocenters. The Morgan fingerprint density at radius 2 is 1.89 bits per heavy atom. The molecule has 1 atom stereocenters. The van der Waals surface area contributed by atoms with E-state index in [9.17, 15) is 14.9 Å². The molecule has 1 N–H and O–H groups in total. The lowest BCUT2D eigenvalue weighted by atomic mass is 10.1. The summed E-state index contributed by atoms with van der Waals surface area (Å²) in [6.45, 7) is 3.80. The number of benzene rings is 1. The lowest BCUT2D eigenvalue weighted by Gasteiger charge is -2.18. The van der Waals surface area contributed by atoms with Gasteiger partial charge in [-0.2, -0.15) is 0 Å². The lowest BCUT2D eigenvalue weighted by Crippen LogP contribution is -2.41. The molecule has 0 saturated carbocycles. The van der Waals surface area contributed by atoms with Gasteiger partial charge in [-0.3, -0.25) is 10.1 Å². The van der Waals surface area contributed by atoms with Crippen molar-refractivity contribution in [2.75, 3.05) is 7.05 Å². The van der Waals surface area contributed by atoms with E-state index in [0.717, 1.165) is 0 Å². The second kappa shape index (κ2) is 6.11. The Morgan fingerprint density at radius 1 is 1.33 bits per heavy atom. The number of hydrogen-bond acceptors (Lipinski definition) is 5. The van der Waals surface area contributed by atoms with Crippen molar-refractivity contribution in [3.05, 3.63) is 34.4 Å². The van der Waals surface area contributed by atoms with E-state index in [1.807, 2.05) is 13.8 Å². The van der Waals surface area contributed by atoms with E-state index in [1.54, 1.807) is 7.05 Å². The standard InChI is InChI=1S/C12H16N2O4/c1-8(2)11(13-3)12(15)18-10-6-4-9(5-7-10)14(16)17/h4-8,11,13H,1-3H3. The topological polar surface area (TPSA) is 81.5 Å². The number of carbonyl (C=O) groups excluding carboxylic acids is 1. The van der Waals surface area contributed by atoms with Crippen LogP contribution in [-0.2, 0) is 4.79 Å². The van der Waals surface area contributed by atoms with Crippen LogP contribution in [0.5, 0.6) is 5.75 Å². The van der Waals surface area contributed by atoms with E-state index in [4.69, 9.17) is 4.74 Å². The van der Waals surface area contributed by atoms with Crippen molar-refractivity contribution < 1.29 is 14.5 Å². The average Bonchev–Trinajstić information content (AvgIpc) is 2.29. The van der Waals surface area contributed by atoms with Crippen LogP contribution < -0.4 is 10.1 Å². The van der Waals surface area contributed by atoms with Crippen LogP contribution in [0.2, 0.25) is 0 Å². The van der Waals surface area contributed by atoms with E-state index >= 15 is 0 Å². The molecule has 0 amide bonds. The normalized spacial score (nSPS) is 12.2. The molecule has 0 aliphatic carbocycles. The summed E-state index contributed by atoms with van der Waals surface area (Å²) in [6.07, 6.45) is 0. The maximum Gasteiger partial charge on any atom is 0.328 e. The molecule has 0 heterocycles. The van der Waals surface area contributed by atoms with E-state index in [-0.39, 0.29) is 11.6 Å². The summed E-state index contributed by atoms with van der Waals surface area (Å²) in [4.78, 5) is 21.7. The third kappa shape index (κ3) is 3.53. The highest BCUT2D eigenvalue weighted by Crippen LogP contribution is 2.18. The molecule has 0 bridgehead atoms. The maximum absolute atomic E-state index is 11.8. The van der Waals surface area contributed by atoms with Gasteiger partial charge < -0.3 is 10.1 Å². The van der Waals surface area contributed by atoms with Gasteiger partial charge in [-0.1, -0.05) is 13.8 Å². The monoisotopic (exact) mass is 252 g/mol.